The molecule has 1 N–H and O–H groups in total. The predicted molar refractivity (Wildman–Crippen MR) is 124 cm³/mol. The predicted octanol–water partition coefficient (Wildman–Crippen LogP) is 1.35. The summed E-state index contributed by atoms with van der Waals surface area (Å²) in [6.45, 7) is 24.0. The molecule has 3 saturated heterocycles. The molecule has 3 fully saturated rings. The Bertz CT molecular complexity index is 470. The van der Waals surface area contributed by atoms with Crippen molar-refractivity contribution in [2.75, 3.05) is 105 Å². The lowest BCUT2D eigenvalue weighted by molar-refractivity contribution is -0.923. The Labute approximate surface area is 185 Å². The number of hydrogen-bond acceptors (Lipinski definition) is 5. The number of carboxylic acid groups (broad SMARTS) is 1. The maximum absolute atomic E-state index is 11.4. The number of quaternary nitrogens is 1. The van der Waals surface area contributed by atoms with E-state index in [1.54, 1.807) is 0 Å². The van der Waals surface area contributed by atoms with Crippen LogP contribution in [0.5, 0.6) is 0 Å². The Kier molecular flexibility index (Phi) is 11.6. The van der Waals surface area contributed by atoms with Crippen molar-refractivity contribution in [2.45, 2.75) is 40.0 Å². The van der Waals surface area contributed by atoms with E-state index in [0.29, 0.717) is 0 Å². The number of fused-ring (bicyclic) bond motifs is 11. The number of hydrogen-bond donors (Lipinski definition) is 1. The van der Waals surface area contributed by atoms with Gasteiger partial charge < -0.3 is 24.3 Å². The van der Waals surface area contributed by atoms with Crippen molar-refractivity contribution in [1.29, 1.82) is 0 Å². The van der Waals surface area contributed by atoms with Crippen LogP contribution in [-0.4, -0.2) is 140 Å². The van der Waals surface area contributed by atoms with Crippen LogP contribution in [0, 0.1) is 0 Å². The summed E-state index contributed by atoms with van der Waals surface area (Å²) in [4.78, 5) is 21.3. The summed E-state index contributed by atoms with van der Waals surface area (Å²) in [6, 6.07) is 0. The van der Waals surface area contributed by atoms with Crippen LogP contribution < -0.4 is 0 Å². The topological polar surface area (TPSA) is 50.3 Å². The molecule has 7 nitrogen and oxygen atoms in total. The van der Waals surface area contributed by atoms with Gasteiger partial charge in [0.05, 0.1) is 32.7 Å². The largest absolute Gasteiger partial charge is 0.480 e. The third-order valence-electron chi connectivity index (χ3n) is 7.57. The van der Waals surface area contributed by atoms with Gasteiger partial charge in [0.25, 0.3) is 0 Å². The zero-order valence-corrected chi connectivity index (χ0v) is 20.0. The molecule has 0 atom stereocenters. The van der Waals surface area contributed by atoms with E-state index in [1.165, 1.54) is 63.1 Å². The lowest BCUT2D eigenvalue weighted by atomic mass is 10.2. The maximum atomic E-state index is 11.4. The smallest absolute Gasteiger partial charge is 0.317 e. The number of piperazine rings is 1. The Morgan fingerprint density at radius 3 is 1.73 bits per heavy atom. The van der Waals surface area contributed by atoms with Crippen molar-refractivity contribution in [2.24, 2.45) is 0 Å². The minimum atomic E-state index is -0.702. The van der Waals surface area contributed by atoms with Gasteiger partial charge in [-0.2, -0.15) is 0 Å². The SMILES string of the molecule is CC[N+](CC)(CC)CCCN1CCCN2CCN(CCCN(CC(=O)O)CC1)CC2. The van der Waals surface area contributed by atoms with Gasteiger partial charge in [0, 0.05) is 58.8 Å². The fourth-order valence-corrected chi connectivity index (χ4v) is 5.13. The molecule has 0 aromatic rings. The zero-order chi connectivity index (χ0) is 21.8. The average molecular weight is 427 g/mol. The van der Waals surface area contributed by atoms with Gasteiger partial charge in [-0.05, 0) is 53.2 Å². The monoisotopic (exact) mass is 426 g/mol. The molecule has 0 amide bonds. The second-order valence-electron chi connectivity index (χ2n) is 9.27. The van der Waals surface area contributed by atoms with Crippen LogP contribution in [0.3, 0.4) is 0 Å². The third kappa shape index (κ3) is 8.79. The van der Waals surface area contributed by atoms with Gasteiger partial charge >= 0.3 is 5.97 Å². The minimum Gasteiger partial charge on any atom is -0.480 e. The molecular weight excluding hydrogens is 378 g/mol. The molecular formula is C23H48N5O2+. The van der Waals surface area contributed by atoms with E-state index >= 15 is 0 Å². The highest BCUT2D eigenvalue weighted by atomic mass is 16.4. The fourth-order valence-electron chi connectivity index (χ4n) is 5.13. The summed E-state index contributed by atoms with van der Waals surface area (Å²) >= 11 is 0. The van der Waals surface area contributed by atoms with Crippen molar-refractivity contribution < 1.29 is 14.4 Å². The van der Waals surface area contributed by atoms with E-state index in [0.717, 1.165) is 58.8 Å². The van der Waals surface area contributed by atoms with E-state index in [9.17, 15) is 9.90 Å². The molecule has 7 heteroatoms. The highest BCUT2D eigenvalue weighted by Gasteiger charge is 2.22. The number of aliphatic carboxylic acids is 1. The molecule has 176 valence electrons. The number of carboxylic acids is 1. The Morgan fingerprint density at radius 1 is 0.733 bits per heavy atom. The number of rotatable bonds is 9. The first-order valence-electron chi connectivity index (χ1n) is 12.5. The normalized spacial score (nSPS) is 25.8. The summed E-state index contributed by atoms with van der Waals surface area (Å²) in [5.41, 5.74) is 0. The van der Waals surface area contributed by atoms with Crippen LogP contribution in [0.1, 0.15) is 40.0 Å². The summed E-state index contributed by atoms with van der Waals surface area (Å²) in [7, 11) is 0. The number of carbonyl (C=O) groups is 1. The minimum absolute atomic E-state index is 0.170. The van der Waals surface area contributed by atoms with E-state index in [4.69, 9.17) is 0 Å². The van der Waals surface area contributed by atoms with E-state index in [1.807, 2.05) is 0 Å². The van der Waals surface area contributed by atoms with E-state index in [-0.39, 0.29) is 6.54 Å². The highest BCUT2D eigenvalue weighted by molar-refractivity contribution is 5.69. The maximum Gasteiger partial charge on any atom is 0.317 e. The van der Waals surface area contributed by atoms with Crippen molar-refractivity contribution in [3.05, 3.63) is 0 Å². The molecule has 3 aliphatic rings. The van der Waals surface area contributed by atoms with Crippen LogP contribution in [0.15, 0.2) is 0 Å². The molecule has 0 aromatic heterocycles. The quantitative estimate of drug-likeness (QED) is 0.562. The Hall–Kier alpha value is -0.730. The summed E-state index contributed by atoms with van der Waals surface area (Å²) in [6.07, 6.45) is 3.51. The molecule has 3 aliphatic heterocycles. The summed E-state index contributed by atoms with van der Waals surface area (Å²) < 4.78 is 1.21. The van der Waals surface area contributed by atoms with Gasteiger partial charge in [-0.25, -0.2) is 0 Å². The van der Waals surface area contributed by atoms with Crippen LogP contribution in [-0.2, 0) is 4.79 Å². The van der Waals surface area contributed by atoms with Crippen molar-refractivity contribution in [1.82, 2.24) is 19.6 Å². The van der Waals surface area contributed by atoms with E-state index < -0.39 is 5.97 Å². The number of nitrogens with zero attached hydrogens (tertiary/aromatic N) is 5. The highest BCUT2D eigenvalue weighted by Crippen LogP contribution is 2.10. The van der Waals surface area contributed by atoms with Crippen LogP contribution in [0.2, 0.25) is 0 Å². The standard InChI is InChI=1S/C23H47N5O2/c1-4-28(5-2,6-3)21-9-14-24-10-7-11-25-15-17-26(18-16-25)12-8-13-27(20-19-24)22-23(29)30/h4-22H2,1-3H3/p+1. The molecule has 3 rings (SSSR count). The Morgan fingerprint density at radius 2 is 1.23 bits per heavy atom. The van der Waals surface area contributed by atoms with Crippen molar-refractivity contribution in [3.63, 3.8) is 0 Å². The first-order chi connectivity index (χ1) is 14.5. The molecule has 0 radical (unpaired) electrons. The van der Waals surface area contributed by atoms with Gasteiger partial charge in [0.1, 0.15) is 0 Å². The second-order valence-corrected chi connectivity index (χ2v) is 9.27. The average Bonchev–Trinajstić information content (AvgIpc) is 2.75. The van der Waals surface area contributed by atoms with Crippen molar-refractivity contribution in [3.8, 4) is 0 Å². The van der Waals surface area contributed by atoms with E-state index in [2.05, 4.69) is 40.4 Å². The zero-order valence-electron chi connectivity index (χ0n) is 20.0. The molecule has 30 heavy (non-hydrogen) atoms. The van der Waals surface area contributed by atoms with Crippen LogP contribution >= 0.6 is 0 Å². The van der Waals surface area contributed by atoms with Crippen LogP contribution in [0.25, 0.3) is 0 Å². The van der Waals surface area contributed by atoms with Gasteiger partial charge in [-0.15, -0.1) is 0 Å². The Balaban J connectivity index is 1.93. The third-order valence-corrected chi connectivity index (χ3v) is 7.57. The van der Waals surface area contributed by atoms with Gasteiger partial charge in [0.15, 0.2) is 0 Å². The molecule has 0 saturated carbocycles. The molecule has 3 heterocycles. The first kappa shape index (κ1) is 25.5. The van der Waals surface area contributed by atoms with Gasteiger partial charge in [-0.1, -0.05) is 0 Å². The fraction of sp³-hybridized carbons (Fsp3) is 0.957. The molecule has 0 unspecified atom stereocenters. The van der Waals surface area contributed by atoms with Crippen molar-refractivity contribution >= 4 is 5.97 Å². The summed E-state index contributed by atoms with van der Waals surface area (Å²) in [5, 5.41) is 9.35. The molecule has 0 spiro atoms. The molecule has 0 aliphatic carbocycles. The second kappa shape index (κ2) is 13.6. The lowest BCUT2D eigenvalue weighted by Gasteiger charge is -2.37. The molecule has 2 bridgehead atoms. The van der Waals surface area contributed by atoms with Gasteiger partial charge in [-0.3, -0.25) is 9.69 Å². The van der Waals surface area contributed by atoms with Gasteiger partial charge in [0.2, 0.25) is 0 Å². The lowest BCUT2D eigenvalue weighted by Crippen LogP contribution is -2.49. The first-order valence-corrected chi connectivity index (χ1v) is 12.5. The van der Waals surface area contributed by atoms with Crippen LogP contribution in [0.4, 0.5) is 0 Å². The summed E-state index contributed by atoms with van der Waals surface area (Å²) in [5.74, 6) is -0.702. The molecule has 0 aromatic carbocycles.